The van der Waals surface area contributed by atoms with Crippen LogP contribution in [0.5, 0.6) is 5.75 Å². The van der Waals surface area contributed by atoms with E-state index in [4.69, 9.17) is 4.74 Å². The second kappa shape index (κ2) is 8.29. The van der Waals surface area contributed by atoms with Gasteiger partial charge in [0.1, 0.15) is 10.8 Å². The first-order valence-electron chi connectivity index (χ1n) is 8.52. The van der Waals surface area contributed by atoms with Crippen LogP contribution >= 0.6 is 11.3 Å². The maximum atomic E-state index is 12.5. The SMILES string of the molecule is COc1ccccc1CNC(=O)C(C)N(C)Cc1nc2ccccc2s1. The van der Waals surface area contributed by atoms with Crippen LogP contribution in [0.15, 0.2) is 48.5 Å². The molecule has 0 aliphatic rings. The Morgan fingerprint density at radius 1 is 1.23 bits per heavy atom. The Labute approximate surface area is 157 Å². The standard InChI is InChI=1S/C20H23N3O2S/c1-14(20(24)21-12-15-8-4-6-10-17(15)25-3)23(2)13-19-22-16-9-5-7-11-18(16)26-19/h4-11,14H,12-13H2,1-3H3,(H,21,24). The summed E-state index contributed by atoms with van der Waals surface area (Å²) in [5.41, 5.74) is 1.97. The van der Waals surface area contributed by atoms with Crippen molar-refractivity contribution in [3.8, 4) is 5.75 Å². The van der Waals surface area contributed by atoms with E-state index in [1.165, 1.54) is 4.70 Å². The van der Waals surface area contributed by atoms with Crippen LogP contribution in [0.2, 0.25) is 0 Å². The first-order chi connectivity index (χ1) is 12.6. The third kappa shape index (κ3) is 4.20. The Morgan fingerprint density at radius 3 is 2.73 bits per heavy atom. The molecule has 0 saturated carbocycles. The van der Waals surface area contributed by atoms with Crippen LogP contribution in [0.1, 0.15) is 17.5 Å². The van der Waals surface area contributed by atoms with Crippen molar-refractivity contribution in [3.63, 3.8) is 0 Å². The van der Waals surface area contributed by atoms with Gasteiger partial charge in [-0.2, -0.15) is 0 Å². The third-order valence-electron chi connectivity index (χ3n) is 4.41. The Hall–Kier alpha value is -2.44. The molecule has 0 fully saturated rings. The molecule has 0 spiro atoms. The van der Waals surface area contributed by atoms with E-state index in [1.807, 2.05) is 61.3 Å². The summed E-state index contributed by atoms with van der Waals surface area (Å²) in [4.78, 5) is 19.2. The smallest absolute Gasteiger partial charge is 0.237 e. The van der Waals surface area contributed by atoms with Crippen molar-refractivity contribution >= 4 is 27.5 Å². The lowest BCUT2D eigenvalue weighted by Gasteiger charge is -2.23. The van der Waals surface area contributed by atoms with Crippen LogP contribution in [-0.4, -0.2) is 36.0 Å². The van der Waals surface area contributed by atoms with Crippen molar-refractivity contribution in [3.05, 3.63) is 59.1 Å². The van der Waals surface area contributed by atoms with Crippen molar-refractivity contribution in [1.82, 2.24) is 15.2 Å². The van der Waals surface area contributed by atoms with Gasteiger partial charge in [0.15, 0.2) is 0 Å². The average Bonchev–Trinajstić information content (AvgIpc) is 3.07. The van der Waals surface area contributed by atoms with Crippen LogP contribution in [0, 0.1) is 0 Å². The predicted octanol–water partition coefficient (Wildman–Crippen LogP) is 3.44. The highest BCUT2D eigenvalue weighted by Gasteiger charge is 2.19. The number of hydrogen-bond donors (Lipinski definition) is 1. The number of carbonyl (C=O) groups is 1. The fourth-order valence-corrected chi connectivity index (χ4v) is 3.75. The van der Waals surface area contributed by atoms with E-state index in [0.717, 1.165) is 21.8 Å². The number of ether oxygens (including phenoxy) is 1. The van der Waals surface area contributed by atoms with Gasteiger partial charge in [0.05, 0.1) is 29.9 Å². The number of hydrogen-bond acceptors (Lipinski definition) is 5. The van der Waals surface area contributed by atoms with Gasteiger partial charge in [-0.3, -0.25) is 9.69 Å². The Morgan fingerprint density at radius 2 is 1.96 bits per heavy atom. The number of carbonyl (C=O) groups excluding carboxylic acids is 1. The number of aromatic nitrogens is 1. The molecular weight excluding hydrogens is 346 g/mol. The van der Waals surface area contributed by atoms with E-state index >= 15 is 0 Å². The van der Waals surface area contributed by atoms with Crippen molar-refractivity contribution in [2.24, 2.45) is 0 Å². The minimum Gasteiger partial charge on any atom is -0.496 e. The van der Waals surface area contributed by atoms with E-state index in [1.54, 1.807) is 18.4 Å². The third-order valence-corrected chi connectivity index (χ3v) is 5.43. The van der Waals surface area contributed by atoms with Gasteiger partial charge in [-0.1, -0.05) is 30.3 Å². The van der Waals surface area contributed by atoms with Crippen LogP contribution < -0.4 is 10.1 Å². The molecule has 0 saturated heterocycles. The normalized spacial score (nSPS) is 12.3. The minimum atomic E-state index is -0.253. The number of likely N-dealkylation sites (N-methyl/N-ethyl adjacent to an activating group) is 1. The molecule has 1 amide bonds. The zero-order chi connectivity index (χ0) is 18.5. The van der Waals surface area contributed by atoms with Gasteiger partial charge in [-0.15, -0.1) is 11.3 Å². The Bertz CT molecular complexity index is 860. The van der Waals surface area contributed by atoms with E-state index in [0.29, 0.717) is 13.1 Å². The highest BCUT2D eigenvalue weighted by molar-refractivity contribution is 7.18. The molecule has 1 unspecified atom stereocenters. The second-order valence-electron chi connectivity index (χ2n) is 6.20. The molecule has 2 aromatic carbocycles. The second-order valence-corrected chi connectivity index (χ2v) is 7.31. The van der Waals surface area contributed by atoms with E-state index < -0.39 is 0 Å². The quantitative estimate of drug-likeness (QED) is 0.693. The molecule has 0 aliphatic heterocycles. The topological polar surface area (TPSA) is 54.5 Å². The van der Waals surface area contributed by atoms with E-state index in [-0.39, 0.29) is 11.9 Å². The molecular formula is C20H23N3O2S. The number of fused-ring (bicyclic) bond motifs is 1. The maximum Gasteiger partial charge on any atom is 0.237 e. The summed E-state index contributed by atoms with van der Waals surface area (Å²) in [6, 6.07) is 15.5. The van der Waals surface area contributed by atoms with Crippen LogP contribution in [0.25, 0.3) is 10.2 Å². The molecule has 5 nitrogen and oxygen atoms in total. The van der Waals surface area contributed by atoms with Crippen LogP contribution in [-0.2, 0) is 17.9 Å². The number of rotatable bonds is 7. The predicted molar refractivity (Wildman–Crippen MR) is 105 cm³/mol. The minimum absolute atomic E-state index is 0.0143. The van der Waals surface area contributed by atoms with Crippen LogP contribution in [0.3, 0.4) is 0 Å². The molecule has 6 heteroatoms. The lowest BCUT2D eigenvalue weighted by molar-refractivity contribution is -0.125. The highest BCUT2D eigenvalue weighted by Crippen LogP contribution is 2.23. The number of nitrogens with zero attached hydrogens (tertiary/aromatic N) is 2. The Kier molecular flexibility index (Phi) is 5.85. The largest absolute Gasteiger partial charge is 0.496 e. The number of methoxy groups -OCH3 is 1. The summed E-state index contributed by atoms with van der Waals surface area (Å²) in [7, 11) is 3.58. The van der Waals surface area contributed by atoms with Gasteiger partial charge < -0.3 is 10.1 Å². The first kappa shape index (κ1) is 18.4. The molecule has 26 heavy (non-hydrogen) atoms. The highest BCUT2D eigenvalue weighted by atomic mass is 32.1. The summed E-state index contributed by atoms with van der Waals surface area (Å²) < 4.78 is 6.50. The lowest BCUT2D eigenvalue weighted by atomic mass is 10.2. The summed E-state index contributed by atoms with van der Waals surface area (Å²) in [5, 5.41) is 4.00. The van der Waals surface area contributed by atoms with Crippen molar-refractivity contribution in [1.29, 1.82) is 0 Å². The van der Waals surface area contributed by atoms with Gasteiger partial charge in [-0.25, -0.2) is 4.98 Å². The number of nitrogens with one attached hydrogen (secondary N) is 1. The monoisotopic (exact) mass is 369 g/mol. The molecule has 1 atom stereocenters. The molecule has 0 radical (unpaired) electrons. The number of thiazole rings is 1. The van der Waals surface area contributed by atoms with Crippen molar-refractivity contribution in [2.45, 2.75) is 26.1 Å². The maximum absolute atomic E-state index is 12.5. The first-order valence-corrected chi connectivity index (χ1v) is 9.34. The van der Waals surface area contributed by atoms with Crippen molar-refractivity contribution in [2.75, 3.05) is 14.2 Å². The van der Waals surface area contributed by atoms with Gasteiger partial charge in [0, 0.05) is 12.1 Å². The fraction of sp³-hybridized carbons (Fsp3) is 0.300. The number of amides is 1. The van der Waals surface area contributed by atoms with Crippen molar-refractivity contribution < 1.29 is 9.53 Å². The van der Waals surface area contributed by atoms with E-state index in [2.05, 4.69) is 16.4 Å². The number of para-hydroxylation sites is 2. The molecule has 0 aliphatic carbocycles. The van der Waals surface area contributed by atoms with Gasteiger partial charge in [0.25, 0.3) is 0 Å². The molecule has 1 heterocycles. The molecule has 136 valence electrons. The molecule has 3 rings (SSSR count). The molecule has 1 N–H and O–H groups in total. The zero-order valence-electron chi connectivity index (χ0n) is 15.2. The summed E-state index contributed by atoms with van der Waals surface area (Å²) in [5.74, 6) is 0.766. The fourth-order valence-electron chi connectivity index (χ4n) is 2.72. The molecule has 3 aromatic rings. The molecule has 1 aromatic heterocycles. The van der Waals surface area contributed by atoms with E-state index in [9.17, 15) is 4.79 Å². The average molecular weight is 369 g/mol. The summed E-state index contributed by atoms with van der Waals surface area (Å²) in [6.45, 7) is 3.00. The lowest BCUT2D eigenvalue weighted by Crippen LogP contribution is -2.42. The Balaban J connectivity index is 1.58. The summed E-state index contributed by atoms with van der Waals surface area (Å²) >= 11 is 1.67. The van der Waals surface area contributed by atoms with Gasteiger partial charge >= 0.3 is 0 Å². The van der Waals surface area contributed by atoms with Gasteiger partial charge in [0.2, 0.25) is 5.91 Å². The molecule has 0 bridgehead atoms. The number of benzene rings is 2. The van der Waals surface area contributed by atoms with Gasteiger partial charge in [-0.05, 0) is 32.2 Å². The zero-order valence-corrected chi connectivity index (χ0v) is 16.0. The summed E-state index contributed by atoms with van der Waals surface area (Å²) in [6.07, 6.45) is 0. The van der Waals surface area contributed by atoms with Crippen LogP contribution in [0.4, 0.5) is 0 Å².